The predicted octanol–water partition coefficient (Wildman–Crippen LogP) is 3.42. The van der Waals surface area contributed by atoms with Gasteiger partial charge in [0.15, 0.2) is 0 Å². The number of carbonyl (C=O) groups is 1. The van der Waals surface area contributed by atoms with Crippen molar-refractivity contribution < 1.29 is 18.3 Å². The number of hydrogen-bond acceptors (Lipinski definition) is 3. The number of aromatic nitrogens is 2. The van der Waals surface area contributed by atoms with Gasteiger partial charge in [-0.2, -0.15) is 8.78 Å². The number of benzene rings is 2. The highest BCUT2D eigenvalue weighted by molar-refractivity contribution is 6.04. The Labute approximate surface area is 123 Å². The van der Waals surface area contributed by atoms with Gasteiger partial charge in [-0.25, -0.2) is 4.98 Å². The molecule has 0 saturated carbocycles. The lowest BCUT2D eigenvalue weighted by molar-refractivity contribution is -0.0498. The number of ether oxygens (including phenoxy) is 1. The van der Waals surface area contributed by atoms with Gasteiger partial charge in [-0.05, 0) is 30.3 Å². The fraction of sp³-hybridized carbons (Fsp3) is 0.0667. The highest BCUT2D eigenvalue weighted by atomic mass is 19.3. The first-order valence-corrected chi connectivity index (χ1v) is 6.43. The standard InChI is InChI=1S/C15H11F2N3O2/c16-14(17)22-10-5-3-4-9(8-10)13(21)20-15-18-11-6-1-2-7-12(11)19-15/h1-8,14H,(H2,18,19,20,21). The summed E-state index contributed by atoms with van der Waals surface area (Å²) >= 11 is 0. The third kappa shape index (κ3) is 3.03. The number of rotatable bonds is 4. The SMILES string of the molecule is O=C(Nc1nc2ccccc2[nH]1)c1cccc(OC(F)F)c1. The maximum absolute atomic E-state index is 12.2. The van der Waals surface area contributed by atoms with Gasteiger partial charge in [0, 0.05) is 5.56 Å². The van der Waals surface area contributed by atoms with Crippen molar-refractivity contribution in [3.63, 3.8) is 0 Å². The van der Waals surface area contributed by atoms with E-state index in [-0.39, 0.29) is 17.3 Å². The number of halogens is 2. The maximum atomic E-state index is 12.2. The first kappa shape index (κ1) is 14.0. The normalized spacial score (nSPS) is 10.9. The Morgan fingerprint density at radius 3 is 2.77 bits per heavy atom. The van der Waals surface area contributed by atoms with E-state index in [2.05, 4.69) is 20.0 Å². The van der Waals surface area contributed by atoms with E-state index in [9.17, 15) is 13.6 Å². The van der Waals surface area contributed by atoms with Crippen molar-refractivity contribution in [1.29, 1.82) is 0 Å². The van der Waals surface area contributed by atoms with Gasteiger partial charge in [0.25, 0.3) is 5.91 Å². The van der Waals surface area contributed by atoms with Crippen LogP contribution in [0.15, 0.2) is 48.5 Å². The Bertz CT molecular complexity index is 784. The van der Waals surface area contributed by atoms with E-state index in [1.807, 2.05) is 18.2 Å². The van der Waals surface area contributed by atoms with E-state index >= 15 is 0 Å². The summed E-state index contributed by atoms with van der Waals surface area (Å²) in [7, 11) is 0. The summed E-state index contributed by atoms with van der Waals surface area (Å²) in [5, 5.41) is 2.58. The lowest BCUT2D eigenvalue weighted by Crippen LogP contribution is -2.13. The minimum atomic E-state index is -2.94. The molecule has 0 atom stereocenters. The topological polar surface area (TPSA) is 67.0 Å². The molecule has 2 aromatic carbocycles. The molecule has 3 rings (SSSR count). The lowest BCUT2D eigenvalue weighted by Gasteiger charge is -2.06. The van der Waals surface area contributed by atoms with Crippen molar-refractivity contribution in [2.24, 2.45) is 0 Å². The smallest absolute Gasteiger partial charge is 0.387 e. The second-order valence-electron chi connectivity index (χ2n) is 4.46. The van der Waals surface area contributed by atoms with Gasteiger partial charge in [0.2, 0.25) is 5.95 Å². The van der Waals surface area contributed by atoms with E-state index in [0.29, 0.717) is 5.52 Å². The van der Waals surface area contributed by atoms with Crippen molar-refractivity contribution in [2.75, 3.05) is 5.32 Å². The number of anilines is 1. The molecular weight excluding hydrogens is 292 g/mol. The number of hydrogen-bond donors (Lipinski definition) is 2. The van der Waals surface area contributed by atoms with Crippen molar-refractivity contribution in [2.45, 2.75) is 6.61 Å². The van der Waals surface area contributed by atoms with E-state index < -0.39 is 12.5 Å². The second-order valence-corrected chi connectivity index (χ2v) is 4.46. The minimum absolute atomic E-state index is 0.0766. The molecule has 0 radical (unpaired) electrons. The summed E-state index contributed by atoms with van der Waals surface area (Å²) in [6, 6.07) is 12.9. The molecule has 22 heavy (non-hydrogen) atoms. The molecule has 7 heteroatoms. The van der Waals surface area contributed by atoms with Crippen LogP contribution in [0.3, 0.4) is 0 Å². The van der Waals surface area contributed by atoms with Crippen LogP contribution in [0.4, 0.5) is 14.7 Å². The summed E-state index contributed by atoms with van der Waals surface area (Å²) in [6.45, 7) is -2.94. The Kier molecular flexibility index (Phi) is 3.69. The van der Waals surface area contributed by atoms with Crippen LogP contribution in [0, 0.1) is 0 Å². The van der Waals surface area contributed by atoms with E-state index in [1.54, 1.807) is 6.07 Å². The van der Waals surface area contributed by atoms with Crippen LogP contribution < -0.4 is 10.1 Å². The molecule has 0 saturated heterocycles. The molecule has 2 N–H and O–H groups in total. The van der Waals surface area contributed by atoms with Gasteiger partial charge < -0.3 is 9.72 Å². The molecule has 0 aliphatic heterocycles. The molecule has 0 spiro atoms. The van der Waals surface area contributed by atoms with E-state index in [0.717, 1.165) is 5.52 Å². The highest BCUT2D eigenvalue weighted by Crippen LogP contribution is 2.18. The number of alkyl halides is 2. The number of amides is 1. The Morgan fingerprint density at radius 1 is 1.18 bits per heavy atom. The molecule has 1 amide bonds. The number of para-hydroxylation sites is 2. The lowest BCUT2D eigenvalue weighted by atomic mass is 10.2. The third-order valence-corrected chi connectivity index (χ3v) is 2.94. The number of aromatic amines is 1. The zero-order valence-electron chi connectivity index (χ0n) is 11.2. The average molecular weight is 303 g/mol. The van der Waals surface area contributed by atoms with Crippen LogP contribution in [-0.4, -0.2) is 22.5 Å². The molecule has 0 aliphatic carbocycles. The Hall–Kier alpha value is -2.96. The summed E-state index contributed by atoms with van der Waals surface area (Å²) < 4.78 is 28.6. The van der Waals surface area contributed by atoms with Gasteiger partial charge in [-0.1, -0.05) is 18.2 Å². The minimum Gasteiger partial charge on any atom is -0.435 e. The molecule has 0 unspecified atom stereocenters. The van der Waals surface area contributed by atoms with Gasteiger partial charge in [-0.15, -0.1) is 0 Å². The Balaban J connectivity index is 1.79. The van der Waals surface area contributed by atoms with E-state index in [1.165, 1.54) is 24.3 Å². The largest absolute Gasteiger partial charge is 0.435 e. The summed E-state index contributed by atoms with van der Waals surface area (Å²) in [5.41, 5.74) is 1.69. The van der Waals surface area contributed by atoms with Crippen molar-refractivity contribution in [3.8, 4) is 5.75 Å². The summed E-state index contributed by atoms with van der Waals surface area (Å²) in [4.78, 5) is 19.3. The molecule has 112 valence electrons. The van der Waals surface area contributed by atoms with Crippen molar-refractivity contribution >= 4 is 22.9 Å². The zero-order chi connectivity index (χ0) is 15.5. The monoisotopic (exact) mass is 303 g/mol. The molecule has 1 aromatic heterocycles. The molecule has 0 aliphatic rings. The van der Waals surface area contributed by atoms with E-state index in [4.69, 9.17) is 0 Å². The molecule has 0 bridgehead atoms. The van der Waals surface area contributed by atoms with Crippen molar-refractivity contribution in [3.05, 3.63) is 54.1 Å². The first-order valence-electron chi connectivity index (χ1n) is 6.43. The van der Waals surface area contributed by atoms with Gasteiger partial charge >= 0.3 is 6.61 Å². The first-order chi connectivity index (χ1) is 10.6. The van der Waals surface area contributed by atoms with Crippen molar-refractivity contribution in [1.82, 2.24) is 9.97 Å². The number of nitrogens with one attached hydrogen (secondary N) is 2. The van der Waals surface area contributed by atoms with Gasteiger partial charge in [-0.3, -0.25) is 10.1 Å². The van der Waals surface area contributed by atoms with Gasteiger partial charge in [0.05, 0.1) is 11.0 Å². The summed E-state index contributed by atoms with van der Waals surface area (Å²) in [5.74, 6) is -0.266. The quantitative estimate of drug-likeness (QED) is 0.776. The van der Waals surface area contributed by atoms with Crippen LogP contribution in [0.5, 0.6) is 5.75 Å². The molecule has 5 nitrogen and oxygen atoms in total. The number of H-pyrrole nitrogens is 1. The number of nitrogens with zero attached hydrogens (tertiary/aromatic N) is 1. The summed E-state index contributed by atoms with van der Waals surface area (Å²) in [6.07, 6.45) is 0. The molecule has 3 aromatic rings. The fourth-order valence-corrected chi connectivity index (χ4v) is 2.01. The van der Waals surface area contributed by atoms with Crippen LogP contribution >= 0.6 is 0 Å². The third-order valence-electron chi connectivity index (χ3n) is 2.94. The second kappa shape index (κ2) is 5.80. The fourth-order valence-electron chi connectivity index (χ4n) is 2.01. The molecule has 0 fully saturated rings. The highest BCUT2D eigenvalue weighted by Gasteiger charge is 2.11. The van der Waals surface area contributed by atoms with Crippen LogP contribution in [0.2, 0.25) is 0 Å². The Morgan fingerprint density at radius 2 is 2.00 bits per heavy atom. The maximum Gasteiger partial charge on any atom is 0.387 e. The van der Waals surface area contributed by atoms with Gasteiger partial charge in [0.1, 0.15) is 5.75 Å². The van der Waals surface area contributed by atoms with Crippen LogP contribution in [0.25, 0.3) is 11.0 Å². The number of imidazole rings is 1. The van der Waals surface area contributed by atoms with Crippen LogP contribution in [0.1, 0.15) is 10.4 Å². The van der Waals surface area contributed by atoms with Crippen LogP contribution in [-0.2, 0) is 0 Å². The number of carbonyl (C=O) groups excluding carboxylic acids is 1. The predicted molar refractivity (Wildman–Crippen MR) is 77.1 cm³/mol. The zero-order valence-corrected chi connectivity index (χ0v) is 11.2. The molecule has 1 heterocycles. The molecular formula is C15H11F2N3O2. The average Bonchev–Trinajstić information content (AvgIpc) is 2.89. The number of fused-ring (bicyclic) bond motifs is 1.